The second-order valence-corrected chi connectivity index (χ2v) is 6.76. The number of rotatable bonds is 7. The van der Waals surface area contributed by atoms with E-state index in [0.717, 1.165) is 0 Å². The molecule has 1 aliphatic carbocycles. The van der Waals surface area contributed by atoms with E-state index in [9.17, 15) is 9.59 Å². The number of amides is 1. The molecule has 0 heterocycles. The minimum Gasteiger partial charge on any atom is -0.481 e. The van der Waals surface area contributed by atoms with Crippen molar-refractivity contribution in [1.82, 2.24) is 5.32 Å². The molecule has 0 radical (unpaired) electrons. The molecular weight excluding hydrogens is 298 g/mol. The third-order valence-corrected chi connectivity index (χ3v) is 4.95. The first-order chi connectivity index (χ1) is 10.7. The van der Waals surface area contributed by atoms with Crippen molar-refractivity contribution >= 4 is 23.6 Å². The SMILES string of the molecule is O=C(O)CSCCNC(=O)c1ccc(C2CCCCC2)cc1. The molecule has 1 amide bonds. The molecule has 0 aliphatic heterocycles. The molecule has 0 unspecified atom stereocenters. The molecule has 22 heavy (non-hydrogen) atoms. The van der Waals surface area contributed by atoms with Crippen molar-refractivity contribution in [1.29, 1.82) is 0 Å². The standard InChI is InChI=1S/C17H23NO3S/c19-16(20)12-22-11-10-18-17(21)15-8-6-14(7-9-15)13-4-2-1-3-5-13/h6-9,13H,1-5,10-12H2,(H,18,21)(H,19,20). The minimum atomic E-state index is -0.824. The number of thioether (sulfide) groups is 1. The van der Waals surface area contributed by atoms with E-state index in [0.29, 0.717) is 23.8 Å². The molecule has 2 N–H and O–H groups in total. The Morgan fingerprint density at radius 3 is 2.45 bits per heavy atom. The highest BCUT2D eigenvalue weighted by Crippen LogP contribution is 2.32. The summed E-state index contributed by atoms with van der Waals surface area (Å²) in [5.74, 6) is 0.420. The first-order valence-electron chi connectivity index (χ1n) is 7.84. The quantitative estimate of drug-likeness (QED) is 0.756. The van der Waals surface area contributed by atoms with Gasteiger partial charge in [-0.25, -0.2) is 0 Å². The maximum atomic E-state index is 12.0. The van der Waals surface area contributed by atoms with Gasteiger partial charge in [0.05, 0.1) is 5.75 Å². The summed E-state index contributed by atoms with van der Waals surface area (Å²) in [5.41, 5.74) is 2.01. The zero-order chi connectivity index (χ0) is 15.8. The van der Waals surface area contributed by atoms with Crippen molar-refractivity contribution in [2.45, 2.75) is 38.0 Å². The molecule has 1 saturated carbocycles. The van der Waals surface area contributed by atoms with Gasteiger partial charge in [-0.2, -0.15) is 0 Å². The van der Waals surface area contributed by atoms with Crippen LogP contribution >= 0.6 is 11.8 Å². The summed E-state index contributed by atoms with van der Waals surface area (Å²) < 4.78 is 0. The van der Waals surface area contributed by atoms with Gasteiger partial charge >= 0.3 is 5.97 Å². The summed E-state index contributed by atoms with van der Waals surface area (Å²) in [4.78, 5) is 22.4. The molecule has 1 fully saturated rings. The Hall–Kier alpha value is -1.49. The van der Waals surface area contributed by atoms with Crippen LogP contribution in [0.1, 0.15) is 53.9 Å². The van der Waals surface area contributed by atoms with E-state index in [1.54, 1.807) is 0 Å². The number of nitrogens with one attached hydrogen (secondary N) is 1. The van der Waals surface area contributed by atoms with Gasteiger partial charge in [0.2, 0.25) is 0 Å². The van der Waals surface area contributed by atoms with Gasteiger partial charge in [-0.1, -0.05) is 31.4 Å². The largest absolute Gasteiger partial charge is 0.481 e. The molecule has 0 aromatic heterocycles. The van der Waals surface area contributed by atoms with Crippen LogP contribution in [0.5, 0.6) is 0 Å². The van der Waals surface area contributed by atoms with Crippen molar-refractivity contribution in [3.8, 4) is 0 Å². The van der Waals surface area contributed by atoms with Gasteiger partial charge in [0.1, 0.15) is 0 Å². The molecule has 5 heteroatoms. The maximum Gasteiger partial charge on any atom is 0.313 e. The third-order valence-electron chi connectivity index (χ3n) is 4.01. The second-order valence-electron chi connectivity index (χ2n) is 5.66. The van der Waals surface area contributed by atoms with E-state index in [1.807, 2.05) is 12.1 Å². The monoisotopic (exact) mass is 321 g/mol. The number of aliphatic carboxylic acids is 1. The molecule has 1 aromatic rings. The van der Waals surface area contributed by atoms with Gasteiger partial charge in [-0.3, -0.25) is 9.59 Å². The normalized spacial score (nSPS) is 15.5. The topological polar surface area (TPSA) is 66.4 Å². The van der Waals surface area contributed by atoms with E-state index in [2.05, 4.69) is 17.4 Å². The predicted octanol–water partition coefficient (Wildman–Crippen LogP) is 3.28. The van der Waals surface area contributed by atoms with Gasteiger partial charge in [0.15, 0.2) is 0 Å². The highest BCUT2D eigenvalue weighted by Gasteiger charge is 2.15. The van der Waals surface area contributed by atoms with Gasteiger partial charge in [-0.05, 0) is 36.5 Å². The van der Waals surface area contributed by atoms with Crippen molar-refractivity contribution in [3.05, 3.63) is 35.4 Å². The van der Waals surface area contributed by atoms with Crippen molar-refractivity contribution in [2.75, 3.05) is 18.1 Å². The predicted molar refractivity (Wildman–Crippen MR) is 89.6 cm³/mol. The van der Waals surface area contributed by atoms with Crippen LogP contribution in [0, 0.1) is 0 Å². The summed E-state index contributed by atoms with van der Waals surface area (Å²) >= 11 is 1.31. The van der Waals surface area contributed by atoms with E-state index in [1.165, 1.54) is 49.4 Å². The fourth-order valence-corrected chi connectivity index (χ4v) is 3.41. The van der Waals surface area contributed by atoms with Crippen molar-refractivity contribution in [3.63, 3.8) is 0 Å². The van der Waals surface area contributed by atoms with Crippen molar-refractivity contribution < 1.29 is 14.7 Å². The zero-order valence-electron chi connectivity index (χ0n) is 12.7. The highest BCUT2D eigenvalue weighted by atomic mass is 32.2. The van der Waals surface area contributed by atoms with Gasteiger partial charge in [0.25, 0.3) is 5.91 Å². The lowest BCUT2D eigenvalue weighted by Gasteiger charge is -2.22. The summed E-state index contributed by atoms with van der Waals surface area (Å²) in [6.45, 7) is 0.487. The van der Waals surface area contributed by atoms with Crippen molar-refractivity contribution in [2.24, 2.45) is 0 Å². The second kappa shape index (κ2) is 8.83. The Bertz CT molecular complexity index is 495. The van der Waals surface area contributed by atoms with E-state index < -0.39 is 5.97 Å². The molecule has 0 bridgehead atoms. The number of carbonyl (C=O) groups excluding carboxylic acids is 1. The molecule has 0 spiro atoms. The molecule has 0 atom stereocenters. The Morgan fingerprint density at radius 1 is 1.14 bits per heavy atom. The Balaban J connectivity index is 1.77. The fourth-order valence-electron chi connectivity index (χ4n) is 2.84. The van der Waals surface area contributed by atoms with Crippen LogP contribution in [-0.2, 0) is 4.79 Å². The lowest BCUT2D eigenvalue weighted by molar-refractivity contribution is -0.133. The number of hydrogen-bond donors (Lipinski definition) is 2. The molecular formula is C17H23NO3S. The third kappa shape index (κ3) is 5.37. The number of carboxylic acid groups (broad SMARTS) is 1. The van der Waals surface area contributed by atoms with Gasteiger partial charge in [-0.15, -0.1) is 11.8 Å². The minimum absolute atomic E-state index is 0.0754. The molecule has 1 aliphatic rings. The van der Waals surface area contributed by atoms with E-state index in [4.69, 9.17) is 5.11 Å². The maximum absolute atomic E-state index is 12.0. The fraction of sp³-hybridized carbons (Fsp3) is 0.529. The van der Waals surface area contributed by atoms with E-state index in [-0.39, 0.29) is 11.7 Å². The lowest BCUT2D eigenvalue weighted by Crippen LogP contribution is -2.26. The first kappa shape index (κ1) is 16.9. The Kier molecular flexibility index (Phi) is 6.77. The van der Waals surface area contributed by atoms with Crippen LogP contribution in [0.25, 0.3) is 0 Å². The van der Waals surface area contributed by atoms with Crippen LogP contribution in [-0.4, -0.2) is 35.0 Å². The average molecular weight is 321 g/mol. The molecule has 1 aromatic carbocycles. The molecule has 120 valence electrons. The zero-order valence-corrected chi connectivity index (χ0v) is 13.5. The first-order valence-corrected chi connectivity index (χ1v) is 9.00. The Morgan fingerprint density at radius 2 is 1.82 bits per heavy atom. The average Bonchev–Trinajstić information content (AvgIpc) is 2.55. The highest BCUT2D eigenvalue weighted by molar-refractivity contribution is 7.99. The summed E-state index contributed by atoms with van der Waals surface area (Å²) in [5, 5.41) is 11.3. The van der Waals surface area contributed by atoms with Crippen LogP contribution < -0.4 is 5.32 Å². The smallest absolute Gasteiger partial charge is 0.313 e. The lowest BCUT2D eigenvalue weighted by atomic mass is 9.84. The number of hydrogen-bond acceptors (Lipinski definition) is 3. The number of carboxylic acids is 1. The van der Waals surface area contributed by atoms with Gasteiger partial charge < -0.3 is 10.4 Å². The molecule has 2 rings (SSSR count). The van der Waals surface area contributed by atoms with E-state index >= 15 is 0 Å². The summed E-state index contributed by atoms with van der Waals surface area (Å²) in [7, 11) is 0. The summed E-state index contributed by atoms with van der Waals surface area (Å²) in [6.07, 6.45) is 6.47. The number of carbonyl (C=O) groups is 2. The summed E-state index contributed by atoms with van der Waals surface area (Å²) in [6, 6.07) is 7.93. The van der Waals surface area contributed by atoms with Crippen LogP contribution in [0.4, 0.5) is 0 Å². The van der Waals surface area contributed by atoms with Crippen LogP contribution in [0.15, 0.2) is 24.3 Å². The van der Waals surface area contributed by atoms with Gasteiger partial charge in [0, 0.05) is 17.9 Å². The molecule has 0 saturated heterocycles. The Labute approximate surface area is 135 Å². The number of benzene rings is 1. The van der Waals surface area contributed by atoms with Crippen LogP contribution in [0.3, 0.4) is 0 Å². The van der Waals surface area contributed by atoms with Crippen LogP contribution in [0.2, 0.25) is 0 Å². The molecule has 4 nitrogen and oxygen atoms in total.